The van der Waals surface area contributed by atoms with E-state index in [2.05, 4.69) is 25.1 Å². The molecule has 23 heavy (non-hydrogen) atoms. The number of hydrogen-bond donors (Lipinski definition) is 0. The van der Waals surface area contributed by atoms with Gasteiger partial charge in [0.05, 0.1) is 14.2 Å². The van der Waals surface area contributed by atoms with Gasteiger partial charge in [-0.2, -0.15) is 0 Å². The van der Waals surface area contributed by atoms with Crippen molar-refractivity contribution in [2.45, 2.75) is 44.9 Å². The lowest BCUT2D eigenvalue weighted by molar-refractivity contribution is -0.162. The fraction of sp³-hybridized carbons (Fsp3) is 0.579. The summed E-state index contributed by atoms with van der Waals surface area (Å²) < 4.78 is 9.71. The van der Waals surface area contributed by atoms with Crippen LogP contribution in [0.15, 0.2) is 24.3 Å². The standard InChI is InChI=1S/C19H26O4/c1-4-5-8-13-11-15(12-14-9-6-7-10-16(13)14)17(18(20)22-2)19(21)23-3/h6-7,9-10,13,15,17H,4-5,8,11-12H2,1-3H3. The molecule has 126 valence electrons. The molecule has 2 rings (SSSR count). The van der Waals surface area contributed by atoms with Crippen LogP contribution in [0.5, 0.6) is 0 Å². The summed E-state index contributed by atoms with van der Waals surface area (Å²) in [6.07, 6.45) is 4.91. The van der Waals surface area contributed by atoms with E-state index in [-0.39, 0.29) is 5.92 Å². The van der Waals surface area contributed by atoms with Gasteiger partial charge in [0.15, 0.2) is 5.92 Å². The van der Waals surface area contributed by atoms with Crippen molar-refractivity contribution in [3.05, 3.63) is 35.4 Å². The zero-order chi connectivity index (χ0) is 16.8. The lowest BCUT2D eigenvalue weighted by atomic mass is 9.70. The van der Waals surface area contributed by atoms with Gasteiger partial charge in [0.1, 0.15) is 0 Å². The van der Waals surface area contributed by atoms with Crippen LogP contribution in [0.3, 0.4) is 0 Å². The molecule has 0 fully saturated rings. The topological polar surface area (TPSA) is 52.6 Å². The summed E-state index contributed by atoms with van der Waals surface area (Å²) >= 11 is 0. The van der Waals surface area contributed by atoms with Crippen LogP contribution in [0, 0.1) is 11.8 Å². The Morgan fingerprint density at radius 3 is 2.43 bits per heavy atom. The Balaban J connectivity index is 2.29. The molecule has 2 unspecified atom stereocenters. The minimum Gasteiger partial charge on any atom is -0.468 e. The summed E-state index contributed by atoms with van der Waals surface area (Å²) in [4.78, 5) is 24.2. The number of carbonyl (C=O) groups is 2. The summed E-state index contributed by atoms with van der Waals surface area (Å²) in [6, 6.07) is 8.36. The molecule has 0 N–H and O–H groups in total. The molecular formula is C19H26O4. The number of rotatable bonds is 6. The molecule has 0 saturated carbocycles. The van der Waals surface area contributed by atoms with Crippen molar-refractivity contribution in [2.75, 3.05) is 14.2 Å². The van der Waals surface area contributed by atoms with E-state index in [9.17, 15) is 9.59 Å². The Hall–Kier alpha value is -1.84. The van der Waals surface area contributed by atoms with Crippen LogP contribution < -0.4 is 0 Å². The third-order valence-electron chi connectivity index (χ3n) is 4.85. The van der Waals surface area contributed by atoms with E-state index in [0.29, 0.717) is 12.3 Å². The average Bonchev–Trinajstić information content (AvgIpc) is 2.59. The molecule has 0 heterocycles. The second kappa shape index (κ2) is 8.14. The van der Waals surface area contributed by atoms with Gasteiger partial charge in [-0.25, -0.2) is 0 Å². The largest absolute Gasteiger partial charge is 0.468 e. The van der Waals surface area contributed by atoms with Crippen LogP contribution in [0.4, 0.5) is 0 Å². The number of esters is 2. The molecule has 0 radical (unpaired) electrons. The monoisotopic (exact) mass is 318 g/mol. The molecule has 4 heteroatoms. The van der Waals surface area contributed by atoms with Crippen LogP contribution in [-0.2, 0) is 25.5 Å². The first-order valence-electron chi connectivity index (χ1n) is 8.35. The third kappa shape index (κ3) is 3.92. The predicted octanol–water partition coefficient (Wildman–Crippen LogP) is 3.49. The van der Waals surface area contributed by atoms with Gasteiger partial charge in [0.25, 0.3) is 0 Å². The Labute approximate surface area is 138 Å². The summed E-state index contributed by atoms with van der Waals surface area (Å²) in [5.41, 5.74) is 2.60. The van der Waals surface area contributed by atoms with Crippen LogP contribution in [0.2, 0.25) is 0 Å². The van der Waals surface area contributed by atoms with Crippen LogP contribution in [0.1, 0.15) is 49.7 Å². The van der Waals surface area contributed by atoms with Crippen LogP contribution >= 0.6 is 0 Å². The zero-order valence-electron chi connectivity index (χ0n) is 14.2. The molecule has 0 amide bonds. The van der Waals surface area contributed by atoms with E-state index in [0.717, 1.165) is 25.7 Å². The van der Waals surface area contributed by atoms with Gasteiger partial charge in [-0.3, -0.25) is 9.59 Å². The SMILES string of the molecule is CCCCC1CC(C(C(=O)OC)C(=O)OC)Cc2ccccc21. The highest BCUT2D eigenvalue weighted by Gasteiger charge is 2.40. The first-order chi connectivity index (χ1) is 11.1. The Morgan fingerprint density at radius 2 is 1.83 bits per heavy atom. The molecule has 0 spiro atoms. The fourth-order valence-electron chi connectivity index (χ4n) is 3.69. The van der Waals surface area contributed by atoms with Crippen molar-refractivity contribution in [1.29, 1.82) is 0 Å². The van der Waals surface area contributed by atoms with Gasteiger partial charge in [0, 0.05) is 0 Å². The molecule has 2 atom stereocenters. The highest BCUT2D eigenvalue weighted by atomic mass is 16.5. The van der Waals surface area contributed by atoms with E-state index < -0.39 is 17.9 Å². The number of benzene rings is 1. The molecule has 0 aliphatic heterocycles. The van der Waals surface area contributed by atoms with Gasteiger partial charge >= 0.3 is 11.9 Å². The molecule has 0 saturated heterocycles. The van der Waals surface area contributed by atoms with Crippen LogP contribution in [-0.4, -0.2) is 26.2 Å². The lowest BCUT2D eigenvalue weighted by Gasteiger charge is -2.34. The van der Waals surface area contributed by atoms with Gasteiger partial charge in [-0.15, -0.1) is 0 Å². The molecule has 0 aromatic heterocycles. The number of ether oxygens (including phenoxy) is 2. The van der Waals surface area contributed by atoms with E-state index >= 15 is 0 Å². The minimum absolute atomic E-state index is 0.0633. The Kier molecular flexibility index (Phi) is 6.20. The van der Waals surface area contributed by atoms with Crippen molar-refractivity contribution in [2.24, 2.45) is 11.8 Å². The normalized spacial score (nSPS) is 20.0. The van der Waals surface area contributed by atoms with Gasteiger partial charge in [-0.1, -0.05) is 44.0 Å². The first-order valence-corrected chi connectivity index (χ1v) is 8.35. The number of hydrogen-bond acceptors (Lipinski definition) is 4. The number of carbonyl (C=O) groups excluding carboxylic acids is 2. The van der Waals surface area contributed by atoms with E-state index in [1.165, 1.54) is 25.3 Å². The summed E-state index contributed by atoms with van der Waals surface area (Å²) in [5, 5.41) is 0. The van der Waals surface area contributed by atoms with Gasteiger partial charge in [-0.05, 0) is 42.2 Å². The summed E-state index contributed by atoms with van der Waals surface area (Å²) in [7, 11) is 2.65. The van der Waals surface area contributed by atoms with Gasteiger partial charge < -0.3 is 9.47 Å². The minimum atomic E-state index is -0.831. The Bertz CT molecular complexity index is 536. The number of methoxy groups -OCH3 is 2. The predicted molar refractivity (Wildman–Crippen MR) is 88.0 cm³/mol. The first kappa shape index (κ1) is 17.5. The quantitative estimate of drug-likeness (QED) is 0.595. The number of unbranched alkanes of at least 4 members (excludes halogenated alkanes) is 1. The molecular weight excluding hydrogens is 292 g/mol. The zero-order valence-corrected chi connectivity index (χ0v) is 14.2. The molecule has 1 aromatic rings. The molecule has 4 nitrogen and oxygen atoms in total. The van der Waals surface area contributed by atoms with Crippen molar-refractivity contribution in [3.63, 3.8) is 0 Å². The van der Waals surface area contributed by atoms with E-state index in [4.69, 9.17) is 9.47 Å². The third-order valence-corrected chi connectivity index (χ3v) is 4.85. The highest BCUT2D eigenvalue weighted by molar-refractivity contribution is 5.95. The number of fused-ring (bicyclic) bond motifs is 1. The van der Waals surface area contributed by atoms with Crippen molar-refractivity contribution in [3.8, 4) is 0 Å². The molecule has 0 bridgehead atoms. The smallest absolute Gasteiger partial charge is 0.320 e. The van der Waals surface area contributed by atoms with E-state index in [1.807, 2.05) is 6.07 Å². The second-order valence-corrected chi connectivity index (χ2v) is 6.26. The van der Waals surface area contributed by atoms with Crippen molar-refractivity contribution < 1.29 is 19.1 Å². The lowest BCUT2D eigenvalue weighted by Crippen LogP contribution is -2.37. The molecule has 1 aromatic carbocycles. The maximum atomic E-state index is 12.1. The second-order valence-electron chi connectivity index (χ2n) is 6.26. The maximum Gasteiger partial charge on any atom is 0.320 e. The summed E-state index contributed by atoms with van der Waals surface area (Å²) in [5.74, 6) is -1.48. The highest BCUT2D eigenvalue weighted by Crippen LogP contribution is 2.41. The molecule has 1 aliphatic rings. The van der Waals surface area contributed by atoms with Gasteiger partial charge in [0.2, 0.25) is 0 Å². The molecule has 1 aliphatic carbocycles. The van der Waals surface area contributed by atoms with Crippen LogP contribution in [0.25, 0.3) is 0 Å². The summed E-state index contributed by atoms with van der Waals surface area (Å²) in [6.45, 7) is 2.18. The van der Waals surface area contributed by atoms with Crippen molar-refractivity contribution in [1.82, 2.24) is 0 Å². The van der Waals surface area contributed by atoms with E-state index in [1.54, 1.807) is 0 Å². The maximum absolute atomic E-state index is 12.1. The average molecular weight is 318 g/mol. The fourth-order valence-corrected chi connectivity index (χ4v) is 3.69. The Morgan fingerprint density at radius 1 is 1.17 bits per heavy atom. The van der Waals surface area contributed by atoms with Crippen molar-refractivity contribution >= 4 is 11.9 Å².